The molecule has 0 atom stereocenters. The highest BCUT2D eigenvalue weighted by Crippen LogP contribution is 2.50. The van der Waals surface area contributed by atoms with Crippen molar-refractivity contribution in [3.8, 4) is 5.75 Å². The van der Waals surface area contributed by atoms with Crippen LogP contribution in [0.2, 0.25) is 0 Å². The van der Waals surface area contributed by atoms with Gasteiger partial charge in [-0.15, -0.1) is 0 Å². The molecule has 5 aromatic carbocycles. The molecule has 2 aromatic heterocycles. The van der Waals surface area contributed by atoms with Crippen LogP contribution in [0.4, 0.5) is 4.39 Å². The van der Waals surface area contributed by atoms with E-state index in [4.69, 9.17) is 4.74 Å². The average Bonchev–Trinajstić information content (AvgIpc) is 2.76. The molecule has 7 aromatic rings. The zero-order valence-corrected chi connectivity index (χ0v) is 17.3. The second-order valence-corrected chi connectivity index (χ2v) is 8.50. The second kappa shape index (κ2) is 5.46. The van der Waals surface area contributed by atoms with Crippen LogP contribution in [0.25, 0.3) is 64.6 Å². The van der Waals surface area contributed by atoms with E-state index in [9.17, 15) is 0 Å². The quantitative estimate of drug-likeness (QED) is 0.217. The van der Waals surface area contributed by atoms with Crippen LogP contribution in [0.3, 0.4) is 0 Å². The van der Waals surface area contributed by atoms with Crippen molar-refractivity contribution < 1.29 is 9.13 Å². The van der Waals surface area contributed by atoms with Crippen molar-refractivity contribution in [2.24, 2.45) is 0 Å². The molecule has 0 unspecified atom stereocenters. The molecule has 0 aliphatic heterocycles. The summed E-state index contributed by atoms with van der Waals surface area (Å²) in [6, 6.07) is 7.95. The average molecular weight is 404 g/mol. The summed E-state index contributed by atoms with van der Waals surface area (Å²) in [5.74, 6) is 0.425. The lowest BCUT2D eigenvalue weighted by atomic mass is 9.82. The summed E-state index contributed by atoms with van der Waals surface area (Å²) in [6.45, 7) is 4.24. The van der Waals surface area contributed by atoms with Gasteiger partial charge in [0.1, 0.15) is 11.6 Å². The van der Waals surface area contributed by atoms with Crippen LogP contribution in [0.1, 0.15) is 11.1 Å². The van der Waals surface area contributed by atoms with Crippen molar-refractivity contribution in [3.05, 3.63) is 66.0 Å². The zero-order valence-electron chi connectivity index (χ0n) is 17.3. The molecule has 0 bridgehead atoms. The molecule has 0 N–H and O–H groups in total. The Hall–Kier alpha value is -3.79. The number of benzene rings is 5. The Morgan fingerprint density at radius 3 is 1.61 bits per heavy atom. The minimum absolute atomic E-state index is 0.246. The van der Waals surface area contributed by atoms with Crippen LogP contribution in [-0.4, -0.2) is 17.1 Å². The molecule has 7 rings (SSSR count). The van der Waals surface area contributed by atoms with Crippen LogP contribution < -0.4 is 4.74 Å². The summed E-state index contributed by atoms with van der Waals surface area (Å²) >= 11 is 0. The van der Waals surface area contributed by atoms with Gasteiger partial charge < -0.3 is 4.74 Å². The van der Waals surface area contributed by atoms with E-state index in [0.717, 1.165) is 70.4 Å². The highest BCUT2D eigenvalue weighted by molar-refractivity contribution is 6.41. The van der Waals surface area contributed by atoms with Gasteiger partial charge in [-0.05, 0) is 60.0 Å². The fourth-order valence-corrected chi connectivity index (χ4v) is 5.72. The highest BCUT2D eigenvalue weighted by atomic mass is 19.1. The number of halogens is 1. The molecule has 31 heavy (non-hydrogen) atoms. The first-order chi connectivity index (χ1) is 15.1. The van der Waals surface area contributed by atoms with Crippen molar-refractivity contribution in [1.82, 2.24) is 9.97 Å². The summed E-state index contributed by atoms with van der Waals surface area (Å²) < 4.78 is 21.7. The van der Waals surface area contributed by atoms with Gasteiger partial charge in [0.05, 0.1) is 7.11 Å². The molecule has 4 heteroatoms. The number of hydrogen-bond donors (Lipinski definition) is 0. The number of aromatic nitrogens is 2. The number of rotatable bonds is 1. The molecule has 0 saturated heterocycles. The maximum Gasteiger partial charge on any atom is 0.132 e. The van der Waals surface area contributed by atoms with E-state index in [1.54, 1.807) is 19.4 Å². The van der Waals surface area contributed by atoms with Gasteiger partial charge >= 0.3 is 0 Å². The molecule has 0 fully saturated rings. The smallest absolute Gasteiger partial charge is 0.132 e. The summed E-state index contributed by atoms with van der Waals surface area (Å²) in [7, 11) is 1.65. The van der Waals surface area contributed by atoms with E-state index in [1.165, 1.54) is 0 Å². The molecular weight excluding hydrogens is 387 g/mol. The lowest BCUT2D eigenvalue weighted by molar-refractivity contribution is 0.420. The van der Waals surface area contributed by atoms with Crippen LogP contribution in [0, 0.1) is 19.7 Å². The number of methoxy groups -OCH3 is 1. The molecule has 0 saturated carbocycles. The number of hydrogen-bond acceptors (Lipinski definition) is 3. The molecule has 0 radical (unpaired) electrons. The molecule has 0 amide bonds. The first-order valence-corrected chi connectivity index (χ1v) is 10.3. The number of pyridine rings is 2. The predicted octanol–water partition coefficient (Wildman–Crippen LogP) is 7.04. The summed E-state index contributed by atoms with van der Waals surface area (Å²) in [6.07, 6.45) is 7.36. The standard InChI is InChI=1S/C27H17FN2O/c1-12-4-14-8-29-10-16-6-18(28)24-25-19(31-3)7-17-11-30-9-15-5-13(2)21(27(25)23(15)17)20(12)26(24)22(14)16/h4-11H,1-3H3. The van der Waals surface area contributed by atoms with Gasteiger partial charge in [0.25, 0.3) is 0 Å². The first kappa shape index (κ1) is 16.9. The van der Waals surface area contributed by atoms with Crippen molar-refractivity contribution in [3.63, 3.8) is 0 Å². The van der Waals surface area contributed by atoms with E-state index in [-0.39, 0.29) is 5.82 Å². The fraction of sp³-hybridized carbons (Fsp3) is 0.111. The Morgan fingerprint density at radius 2 is 1.06 bits per heavy atom. The Morgan fingerprint density at radius 1 is 0.581 bits per heavy atom. The maximum atomic E-state index is 15.8. The lowest BCUT2D eigenvalue weighted by Crippen LogP contribution is -1.98. The summed E-state index contributed by atoms with van der Waals surface area (Å²) in [4.78, 5) is 8.77. The van der Waals surface area contributed by atoms with E-state index >= 15 is 4.39 Å². The van der Waals surface area contributed by atoms with Crippen molar-refractivity contribution in [2.75, 3.05) is 7.11 Å². The largest absolute Gasteiger partial charge is 0.496 e. The van der Waals surface area contributed by atoms with Gasteiger partial charge in [0.2, 0.25) is 0 Å². The van der Waals surface area contributed by atoms with Gasteiger partial charge in [0, 0.05) is 78.6 Å². The second-order valence-electron chi connectivity index (χ2n) is 8.50. The van der Waals surface area contributed by atoms with Gasteiger partial charge in [-0.3, -0.25) is 9.97 Å². The van der Waals surface area contributed by atoms with Gasteiger partial charge in [-0.2, -0.15) is 0 Å². The van der Waals surface area contributed by atoms with Gasteiger partial charge in [-0.25, -0.2) is 4.39 Å². The van der Waals surface area contributed by atoms with Crippen LogP contribution in [0.15, 0.2) is 49.1 Å². The minimum atomic E-state index is -0.246. The highest BCUT2D eigenvalue weighted by Gasteiger charge is 2.24. The zero-order chi connectivity index (χ0) is 21.0. The minimum Gasteiger partial charge on any atom is -0.496 e. The van der Waals surface area contributed by atoms with Gasteiger partial charge in [0.15, 0.2) is 0 Å². The topological polar surface area (TPSA) is 35.0 Å². The van der Waals surface area contributed by atoms with E-state index < -0.39 is 0 Å². The Kier molecular flexibility index (Phi) is 2.99. The Labute approximate surface area is 176 Å². The van der Waals surface area contributed by atoms with Crippen LogP contribution in [-0.2, 0) is 0 Å². The predicted molar refractivity (Wildman–Crippen MR) is 125 cm³/mol. The number of ether oxygens (including phenoxy) is 1. The van der Waals surface area contributed by atoms with Crippen LogP contribution >= 0.6 is 0 Å². The van der Waals surface area contributed by atoms with E-state index in [0.29, 0.717) is 11.1 Å². The van der Waals surface area contributed by atoms with Crippen molar-refractivity contribution >= 4 is 64.6 Å². The van der Waals surface area contributed by atoms with E-state index in [1.807, 2.05) is 24.7 Å². The molecular formula is C27H17FN2O. The Balaban J connectivity index is 2.01. The molecule has 0 aliphatic carbocycles. The molecule has 0 spiro atoms. The summed E-state index contributed by atoms with van der Waals surface area (Å²) in [5, 5.41) is 11.8. The first-order valence-electron chi connectivity index (χ1n) is 10.3. The lowest BCUT2D eigenvalue weighted by Gasteiger charge is -2.22. The van der Waals surface area contributed by atoms with E-state index in [2.05, 4.69) is 35.9 Å². The third-order valence-electron chi connectivity index (χ3n) is 6.82. The van der Waals surface area contributed by atoms with Gasteiger partial charge in [-0.1, -0.05) is 0 Å². The van der Waals surface area contributed by atoms with Crippen molar-refractivity contribution in [2.45, 2.75) is 13.8 Å². The molecule has 0 aliphatic rings. The fourth-order valence-electron chi connectivity index (χ4n) is 5.72. The van der Waals surface area contributed by atoms with Crippen molar-refractivity contribution in [1.29, 1.82) is 0 Å². The summed E-state index contributed by atoms with van der Waals surface area (Å²) in [5.41, 5.74) is 2.27. The Bertz CT molecular complexity index is 1840. The third-order valence-corrected chi connectivity index (χ3v) is 6.82. The molecule has 2 heterocycles. The SMILES string of the molecule is COc1cc2cncc3cc(C)c4c5c(C)cc6cncc7cc(F)c(c1c4c32)c5c67. The monoisotopic (exact) mass is 404 g/mol. The van der Waals surface area contributed by atoms with Crippen LogP contribution in [0.5, 0.6) is 5.75 Å². The number of nitrogens with zero attached hydrogens (tertiary/aromatic N) is 2. The third kappa shape index (κ3) is 1.89. The normalized spacial score (nSPS) is 12.5. The molecule has 148 valence electrons. The maximum absolute atomic E-state index is 15.8. The number of aryl methyl sites for hydroxylation is 2. The molecule has 3 nitrogen and oxygen atoms in total. The number of fused-ring (bicyclic) bond motifs is 2.